The van der Waals surface area contributed by atoms with E-state index in [-0.39, 0.29) is 5.75 Å². The summed E-state index contributed by atoms with van der Waals surface area (Å²) in [5.74, 6) is 0.240. The maximum absolute atomic E-state index is 9.07. The topological polar surface area (TPSA) is 33.4 Å². The summed E-state index contributed by atoms with van der Waals surface area (Å²) in [4.78, 5) is 0. The minimum atomic E-state index is 0.240. The van der Waals surface area contributed by atoms with Gasteiger partial charge in [0.25, 0.3) is 0 Å². The minimum absolute atomic E-state index is 0.240. The molecule has 0 saturated heterocycles. The van der Waals surface area contributed by atoms with Crippen LogP contribution in [0, 0.1) is 4.02 Å². The largest absolute Gasteiger partial charge is 0.508 e. The van der Waals surface area contributed by atoms with Crippen molar-refractivity contribution in [2.45, 2.75) is 0 Å². The molecule has 0 aliphatic carbocycles. The third-order valence-electron chi connectivity index (χ3n) is 1.31. The van der Waals surface area contributed by atoms with Gasteiger partial charge < -0.3 is 9.52 Å². The van der Waals surface area contributed by atoms with Gasteiger partial charge in [0, 0.05) is 6.07 Å². The van der Waals surface area contributed by atoms with Gasteiger partial charge in [-0.2, -0.15) is 0 Å². The first-order chi connectivity index (χ1) is 5.25. The number of phenolic OH excluding ortho intramolecular Hbond substituents is 1. The molecule has 56 valence electrons. The molecule has 4 heteroatoms. The minimum Gasteiger partial charge on any atom is -0.508 e. The van der Waals surface area contributed by atoms with E-state index in [0.717, 1.165) is 10.3 Å². The van der Waals surface area contributed by atoms with Gasteiger partial charge in [-0.15, -0.1) is 0 Å². The van der Waals surface area contributed by atoms with Crippen molar-refractivity contribution in [3.8, 4) is 5.75 Å². The zero-order valence-electron chi connectivity index (χ0n) is 5.40. The molecular formula is C7H4O2S2. The number of hydrogen-bond donors (Lipinski definition) is 1. The molecule has 11 heavy (non-hydrogen) atoms. The Morgan fingerprint density at radius 1 is 1.45 bits per heavy atom. The van der Waals surface area contributed by atoms with E-state index in [2.05, 4.69) is 0 Å². The third kappa shape index (κ3) is 1.15. The van der Waals surface area contributed by atoms with Crippen LogP contribution in [0.5, 0.6) is 5.75 Å². The van der Waals surface area contributed by atoms with E-state index in [9.17, 15) is 0 Å². The van der Waals surface area contributed by atoms with E-state index in [0.29, 0.717) is 4.02 Å². The van der Waals surface area contributed by atoms with Crippen molar-refractivity contribution in [3.63, 3.8) is 0 Å². The predicted molar refractivity (Wildman–Crippen MR) is 46.6 cm³/mol. The summed E-state index contributed by atoms with van der Waals surface area (Å²) in [5, 5.41) is 9.07. The third-order valence-corrected chi connectivity index (χ3v) is 2.44. The molecule has 0 unspecified atom stereocenters. The second-order valence-corrected chi connectivity index (χ2v) is 3.73. The van der Waals surface area contributed by atoms with Crippen molar-refractivity contribution in [1.29, 1.82) is 0 Å². The first-order valence-corrected chi connectivity index (χ1v) is 4.21. The molecule has 0 aliphatic heterocycles. The van der Waals surface area contributed by atoms with Crippen LogP contribution in [0.3, 0.4) is 0 Å². The number of phenols is 1. The molecule has 0 radical (unpaired) electrons. The summed E-state index contributed by atoms with van der Waals surface area (Å²) < 4.78 is 6.52. The van der Waals surface area contributed by atoms with Crippen LogP contribution in [0.4, 0.5) is 0 Å². The molecule has 0 fully saturated rings. The van der Waals surface area contributed by atoms with E-state index in [1.807, 2.05) is 0 Å². The van der Waals surface area contributed by atoms with Crippen molar-refractivity contribution in [2.75, 3.05) is 0 Å². The maximum Gasteiger partial charge on any atom is 0.248 e. The van der Waals surface area contributed by atoms with Crippen LogP contribution in [-0.2, 0) is 0 Å². The van der Waals surface area contributed by atoms with Gasteiger partial charge in [-0.25, -0.2) is 0 Å². The fourth-order valence-electron chi connectivity index (χ4n) is 0.861. The highest BCUT2D eigenvalue weighted by Crippen LogP contribution is 2.25. The Labute approximate surface area is 71.7 Å². The van der Waals surface area contributed by atoms with E-state index in [1.54, 1.807) is 18.2 Å². The van der Waals surface area contributed by atoms with Gasteiger partial charge in [0.1, 0.15) is 11.3 Å². The van der Waals surface area contributed by atoms with E-state index < -0.39 is 0 Å². The molecule has 0 bridgehead atoms. The lowest BCUT2D eigenvalue weighted by atomic mass is 10.3. The molecule has 1 aromatic carbocycles. The lowest BCUT2D eigenvalue weighted by Crippen LogP contribution is -1.61. The molecular weight excluding hydrogens is 180 g/mol. The van der Waals surface area contributed by atoms with Crippen LogP contribution in [0.25, 0.3) is 10.3 Å². The number of fused-ring (bicyclic) bond motifs is 1. The quantitative estimate of drug-likeness (QED) is 0.639. The van der Waals surface area contributed by atoms with Crippen LogP contribution in [-0.4, -0.2) is 5.11 Å². The SMILES string of the molecule is Oc1ccc2oc(=S)sc2c1. The molecule has 2 rings (SSSR count). The Morgan fingerprint density at radius 3 is 3.09 bits per heavy atom. The van der Waals surface area contributed by atoms with Gasteiger partial charge in [0.15, 0.2) is 0 Å². The van der Waals surface area contributed by atoms with Gasteiger partial charge in [0.05, 0.1) is 4.70 Å². The van der Waals surface area contributed by atoms with Gasteiger partial charge in [-0.05, 0) is 24.4 Å². The second-order valence-electron chi connectivity index (χ2n) is 2.09. The fourth-order valence-corrected chi connectivity index (χ4v) is 1.92. The lowest BCUT2D eigenvalue weighted by molar-refractivity contribution is 0.476. The highest BCUT2D eigenvalue weighted by atomic mass is 32.1. The van der Waals surface area contributed by atoms with Gasteiger partial charge in [-0.1, -0.05) is 11.3 Å². The van der Waals surface area contributed by atoms with Gasteiger partial charge in [0.2, 0.25) is 4.02 Å². The van der Waals surface area contributed by atoms with E-state index >= 15 is 0 Å². The first kappa shape index (κ1) is 6.82. The fraction of sp³-hybridized carbons (Fsp3) is 0. The first-order valence-electron chi connectivity index (χ1n) is 2.98. The zero-order valence-corrected chi connectivity index (χ0v) is 7.04. The summed E-state index contributed by atoms with van der Waals surface area (Å²) in [6.07, 6.45) is 0. The van der Waals surface area contributed by atoms with E-state index in [4.69, 9.17) is 21.7 Å². The van der Waals surface area contributed by atoms with Crippen molar-refractivity contribution in [2.24, 2.45) is 0 Å². The maximum atomic E-state index is 9.07. The molecule has 0 saturated carbocycles. The number of aromatic hydroxyl groups is 1. The number of benzene rings is 1. The second kappa shape index (κ2) is 2.32. The molecule has 0 spiro atoms. The summed E-state index contributed by atoms with van der Waals surface area (Å²) >= 11 is 6.18. The Bertz CT molecular complexity index is 441. The molecule has 1 heterocycles. The van der Waals surface area contributed by atoms with Crippen LogP contribution in [0.15, 0.2) is 22.6 Å². The highest BCUT2D eigenvalue weighted by Gasteiger charge is 1.98. The predicted octanol–water partition coefficient (Wildman–Crippen LogP) is 2.93. The molecule has 1 N–H and O–H groups in total. The monoisotopic (exact) mass is 184 g/mol. The van der Waals surface area contributed by atoms with Crippen LogP contribution in [0.2, 0.25) is 0 Å². The normalized spacial score (nSPS) is 10.5. The van der Waals surface area contributed by atoms with Gasteiger partial charge >= 0.3 is 0 Å². The standard InChI is InChI=1S/C7H4O2S2/c8-4-1-2-5-6(3-4)11-7(10)9-5/h1-3,8H. The average molecular weight is 184 g/mol. The number of hydrogen-bond acceptors (Lipinski definition) is 4. The van der Waals surface area contributed by atoms with Crippen molar-refractivity contribution < 1.29 is 9.52 Å². The summed E-state index contributed by atoms with van der Waals surface area (Å²) in [6.45, 7) is 0. The average Bonchev–Trinajstić information content (AvgIpc) is 2.27. The smallest absolute Gasteiger partial charge is 0.248 e. The highest BCUT2D eigenvalue weighted by molar-refractivity contribution is 7.73. The molecule has 0 amide bonds. The molecule has 0 aliphatic rings. The Hall–Kier alpha value is -0.870. The molecule has 1 aromatic heterocycles. The van der Waals surface area contributed by atoms with Crippen LogP contribution >= 0.6 is 23.6 Å². The van der Waals surface area contributed by atoms with Crippen LogP contribution < -0.4 is 0 Å². The van der Waals surface area contributed by atoms with Gasteiger partial charge in [-0.3, -0.25) is 0 Å². The number of rotatable bonds is 0. The molecule has 2 aromatic rings. The Balaban J connectivity index is 2.92. The Kier molecular flexibility index (Phi) is 1.44. The van der Waals surface area contributed by atoms with Crippen molar-refractivity contribution >= 4 is 33.8 Å². The van der Waals surface area contributed by atoms with Crippen molar-refractivity contribution in [1.82, 2.24) is 0 Å². The zero-order chi connectivity index (χ0) is 7.84. The molecule has 0 atom stereocenters. The van der Waals surface area contributed by atoms with Crippen LogP contribution in [0.1, 0.15) is 0 Å². The van der Waals surface area contributed by atoms with Crippen molar-refractivity contribution in [3.05, 3.63) is 22.2 Å². The molecule has 2 nitrogen and oxygen atoms in total. The lowest BCUT2D eigenvalue weighted by Gasteiger charge is -1.87. The summed E-state index contributed by atoms with van der Waals surface area (Å²) in [7, 11) is 0. The van der Waals surface area contributed by atoms with E-state index in [1.165, 1.54) is 11.3 Å². The Morgan fingerprint density at radius 2 is 2.27 bits per heavy atom. The summed E-state index contributed by atoms with van der Waals surface area (Å²) in [5.41, 5.74) is 0.734. The summed E-state index contributed by atoms with van der Waals surface area (Å²) in [6, 6.07) is 4.92.